The van der Waals surface area contributed by atoms with Gasteiger partial charge in [-0.3, -0.25) is 14.6 Å². The zero-order chi connectivity index (χ0) is 22.2. The Hall–Kier alpha value is -3.13. The van der Waals surface area contributed by atoms with Crippen molar-refractivity contribution in [3.05, 3.63) is 74.0 Å². The Labute approximate surface area is 184 Å². The SMILES string of the molecule is CCC(=O)OCn1c(O)c(Cc2ccc(OCCc3ccc(CC)cn3)cc2)sc1=O. The highest BCUT2D eigenvalue weighted by molar-refractivity contribution is 7.09. The number of pyridine rings is 1. The van der Waals surface area contributed by atoms with E-state index in [4.69, 9.17) is 9.47 Å². The summed E-state index contributed by atoms with van der Waals surface area (Å²) in [6.07, 6.45) is 4.21. The normalized spacial score (nSPS) is 10.8. The molecule has 0 bridgehead atoms. The molecule has 7 nitrogen and oxygen atoms in total. The second kappa shape index (κ2) is 10.8. The van der Waals surface area contributed by atoms with E-state index in [1.807, 2.05) is 36.5 Å². The second-order valence-corrected chi connectivity index (χ2v) is 8.02. The molecule has 164 valence electrons. The molecule has 0 saturated heterocycles. The lowest BCUT2D eigenvalue weighted by molar-refractivity contribution is -0.147. The minimum atomic E-state index is -0.427. The highest BCUT2D eigenvalue weighted by Crippen LogP contribution is 2.24. The van der Waals surface area contributed by atoms with E-state index in [1.165, 1.54) is 5.56 Å². The summed E-state index contributed by atoms with van der Waals surface area (Å²) in [7, 11) is 0. The molecule has 1 N–H and O–H groups in total. The van der Waals surface area contributed by atoms with Gasteiger partial charge in [0.1, 0.15) is 5.75 Å². The summed E-state index contributed by atoms with van der Waals surface area (Å²) in [6.45, 7) is 4.01. The molecule has 0 atom stereocenters. The average molecular weight is 443 g/mol. The van der Waals surface area contributed by atoms with Crippen LogP contribution in [-0.4, -0.2) is 27.2 Å². The minimum Gasteiger partial charge on any atom is -0.494 e. The quantitative estimate of drug-likeness (QED) is 0.482. The van der Waals surface area contributed by atoms with E-state index >= 15 is 0 Å². The Morgan fingerprint density at radius 3 is 2.52 bits per heavy atom. The summed E-state index contributed by atoms with van der Waals surface area (Å²) in [4.78, 5) is 28.0. The van der Waals surface area contributed by atoms with Crippen molar-refractivity contribution in [2.24, 2.45) is 0 Å². The first-order valence-corrected chi connectivity index (χ1v) is 11.0. The number of benzene rings is 1. The molecule has 2 heterocycles. The fourth-order valence-corrected chi connectivity index (χ4v) is 3.79. The van der Waals surface area contributed by atoms with Crippen LogP contribution >= 0.6 is 11.3 Å². The largest absolute Gasteiger partial charge is 0.494 e. The van der Waals surface area contributed by atoms with Crippen molar-refractivity contribution in [2.45, 2.75) is 46.3 Å². The lowest BCUT2D eigenvalue weighted by Gasteiger charge is -2.08. The molecular formula is C23H26N2O5S. The number of carbonyl (C=O) groups excluding carboxylic acids is 1. The summed E-state index contributed by atoms with van der Waals surface area (Å²) < 4.78 is 11.8. The topological polar surface area (TPSA) is 90.7 Å². The maximum Gasteiger partial charge on any atom is 0.313 e. The Balaban J connectivity index is 1.54. The van der Waals surface area contributed by atoms with Gasteiger partial charge in [0.25, 0.3) is 0 Å². The van der Waals surface area contributed by atoms with Crippen LogP contribution in [0.3, 0.4) is 0 Å². The summed E-state index contributed by atoms with van der Waals surface area (Å²) in [6, 6.07) is 11.6. The Bertz CT molecular complexity index is 1060. The maximum absolute atomic E-state index is 12.1. The molecule has 0 aliphatic carbocycles. The van der Waals surface area contributed by atoms with Gasteiger partial charge in [-0.15, -0.1) is 0 Å². The summed E-state index contributed by atoms with van der Waals surface area (Å²) in [5.74, 6) is 0.152. The van der Waals surface area contributed by atoms with E-state index in [-0.39, 0.29) is 23.9 Å². The molecule has 0 spiro atoms. The van der Waals surface area contributed by atoms with Crippen molar-refractivity contribution in [2.75, 3.05) is 6.61 Å². The van der Waals surface area contributed by atoms with Crippen LogP contribution in [0.25, 0.3) is 0 Å². The number of rotatable bonds is 10. The predicted molar refractivity (Wildman–Crippen MR) is 119 cm³/mol. The molecule has 1 aromatic carbocycles. The van der Waals surface area contributed by atoms with E-state index in [2.05, 4.69) is 18.0 Å². The Morgan fingerprint density at radius 2 is 1.87 bits per heavy atom. The monoisotopic (exact) mass is 442 g/mol. The van der Waals surface area contributed by atoms with Crippen molar-refractivity contribution >= 4 is 17.3 Å². The second-order valence-electron chi connectivity index (χ2n) is 6.97. The van der Waals surface area contributed by atoms with Crippen LogP contribution in [0.5, 0.6) is 11.6 Å². The van der Waals surface area contributed by atoms with Gasteiger partial charge in [-0.2, -0.15) is 0 Å². The lowest BCUT2D eigenvalue weighted by Crippen LogP contribution is -2.16. The third-order valence-corrected chi connectivity index (χ3v) is 5.76. The first-order chi connectivity index (χ1) is 15.0. The summed E-state index contributed by atoms with van der Waals surface area (Å²) >= 11 is 0.941. The van der Waals surface area contributed by atoms with E-state index < -0.39 is 5.97 Å². The molecule has 3 aromatic rings. The lowest BCUT2D eigenvalue weighted by atomic mass is 10.1. The number of aromatic nitrogens is 2. The predicted octanol–water partition coefficient (Wildman–Crippen LogP) is 3.70. The molecule has 0 unspecified atom stereocenters. The van der Waals surface area contributed by atoms with Crippen LogP contribution in [-0.2, 0) is 35.5 Å². The number of hydrogen-bond donors (Lipinski definition) is 1. The molecule has 3 rings (SSSR count). The molecular weight excluding hydrogens is 416 g/mol. The van der Waals surface area contributed by atoms with Crippen LogP contribution in [0.4, 0.5) is 0 Å². The van der Waals surface area contributed by atoms with Crippen LogP contribution < -0.4 is 9.61 Å². The highest BCUT2D eigenvalue weighted by atomic mass is 32.1. The van der Waals surface area contributed by atoms with Gasteiger partial charge in [0, 0.05) is 31.2 Å². The smallest absolute Gasteiger partial charge is 0.313 e. The number of aromatic hydroxyl groups is 1. The van der Waals surface area contributed by atoms with E-state index in [0.29, 0.717) is 17.9 Å². The molecule has 0 saturated carbocycles. The minimum absolute atomic E-state index is 0.166. The van der Waals surface area contributed by atoms with Crippen molar-refractivity contribution in [3.8, 4) is 11.6 Å². The number of thiazole rings is 1. The van der Waals surface area contributed by atoms with Gasteiger partial charge in [-0.25, -0.2) is 4.57 Å². The molecule has 0 aliphatic heterocycles. The Morgan fingerprint density at radius 1 is 1.13 bits per heavy atom. The number of nitrogens with zero attached hydrogens (tertiary/aromatic N) is 2. The average Bonchev–Trinajstić information content (AvgIpc) is 3.06. The molecule has 0 radical (unpaired) electrons. The van der Waals surface area contributed by atoms with E-state index in [0.717, 1.165) is 45.8 Å². The van der Waals surface area contributed by atoms with Crippen LogP contribution in [0.2, 0.25) is 0 Å². The van der Waals surface area contributed by atoms with Gasteiger partial charge in [-0.05, 0) is 35.7 Å². The van der Waals surface area contributed by atoms with Crippen molar-refractivity contribution in [1.29, 1.82) is 0 Å². The molecule has 0 amide bonds. The van der Waals surface area contributed by atoms with Gasteiger partial charge < -0.3 is 14.6 Å². The number of aryl methyl sites for hydroxylation is 1. The first kappa shape index (κ1) is 22.6. The number of carbonyl (C=O) groups is 1. The van der Waals surface area contributed by atoms with Crippen LogP contribution in [0, 0.1) is 0 Å². The Kier molecular flexibility index (Phi) is 7.83. The highest BCUT2D eigenvalue weighted by Gasteiger charge is 2.15. The fourth-order valence-electron chi connectivity index (χ4n) is 2.89. The van der Waals surface area contributed by atoms with Gasteiger partial charge in [0.15, 0.2) is 6.73 Å². The molecule has 8 heteroatoms. The third-order valence-electron chi connectivity index (χ3n) is 4.79. The van der Waals surface area contributed by atoms with Gasteiger partial charge in [-0.1, -0.05) is 43.4 Å². The zero-order valence-electron chi connectivity index (χ0n) is 17.7. The van der Waals surface area contributed by atoms with Crippen LogP contribution in [0.1, 0.15) is 42.0 Å². The molecule has 0 fully saturated rings. The van der Waals surface area contributed by atoms with E-state index in [1.54, 1.807) is 6.92 Å². The van der Waals surface area contributed by atoms with Crippen LogP contribution in [0.15, 0.2) is 47.4 Å². The third kappa shape index (κ3) is 6.18. The number of ether oxygens (including phenoxy) is 2. The van der Waals surface area contributed by atoms with E-state index in [9.17, 15) is 14.7 Å². The molecule has 2 aromatic heterocycles. The van der Waals surface area contributed by atoms with Crippen molar-refractivity contribution in [3.63, 3.8) is 0 Å². The first-order valence-electron chi connectivity index (χ1n) is 10.2. The molecule has 31 heavy (non-hydrogen) atoms. The fraction of sp³-hybridized carbons (Fsp3) is 0.348. The summed E-state index contributed by atoms with van der Waals surface area (Å²) in [5.41, 5.74) is 3.14. The number of esters is 1. The van der Waals surface area contributed by atoms with Crippen molar-refractivity contribution in [1.82, 2.24) is 9.55 Å². The zero-order valence-corrected chi connectivity index (χ0v) is 18.5. The van der Waals surface area contributed by atoms with Crippen molar-refractivity contribution < 1.29 is 19.4 Å². The van der Waals surface area contributed by atoms with Gasteiger partial charge >= 0.3 is 10.8 Å². The van der Waals surface area contributed by atoms with Gasteiger partial charge in [0.2, 0.25) is 5.88 Å². The summed E-state index contributed by atoms with van der Waals surface area (Å²) in [5, 5.41) is 10.3. The molecule has 0 aliphatic rings. The van der Waals surface area contributed by atoms with Gasteiger partial charge in [0.05, 0.1) is 11.5 Å². The standard InChI is InChI=1S/C23H26N2O5S/c1-3-16-5-8-18(24-14-16)11-12-29-19-9-6-17(7-10-19)13-20-22(27)25(23(28)31-20)15-30-21(26)4-2/h5-10,14,27H,3-4,11-13,15H2,1-2H3. The maximum atomic E-state index is 12.1. The number of hydrogen-bond acceptors (Lipinski definition) is 7.